The number of nitrogens with one attached hydrogen (secondary N) is 1. The number of ether oxygens (including phenoxy) is 1. The van der Waals surface area contributed by atoms with Crippen molar-refractivity contribution in [3.8, 4) is 5.75 Å². The van der Waals surface area contributed by atoms with Crippen LogP contribution < -0.4 is 20.9 Å². The van der Waals surface area contributed by atoms with Crippen molar-refractivity contribution < 1.29 is 9.84 Å². The Balaban J connectivity index is 1.43. The first kappa shape index (κ1) is 22.2. The van der Waals surface area contributed by atoms with E-state index in [9.17, 15) is 14.7 Å². The van der Waals surface area contributed by atoms with Crippen LogP contribution in [0.2, 0.25) is 0 Å². The Morgan fingerprint density at radius 1 is 1.06 bits per heavy atom. The first-order valence-corrected chi connectivity index (χ1v) is 11.3. The van der Waals surface area contributed by atoms with Crippen LogP contribution in [0, 0.1) is 0 Å². The Bertz CT molecular complexity index is 1450. The van der Waals surface area contributed by atoms with Gasteiger partial charge < -0.3 is 24.2 Å². The first-order valence-electron chi connectivity index (χ1n) is 11.3. The van der Waals surface area contributed by atoms with Crippen LogP contribution in [0.4, 0.5) is 5.95 Å². The number of benzene rings is 2. The molecule has 10 heteroatoms. The SMILES string of the molecule is CN1CCN(c2nc3c(c(=O)[nH]c(=O)n3C)n2C[C@@H](O)COc2ccc3ccccc3c2)CC1. The molecule has 1 saturated heterocycles. The number of fused-ring (bicyclic) bond motifs is 2. The van der Waals surface area contributed by atoms with E-state index in [0.29, 0.717) is 17.3 Å². The van der Waals surface area contributed by atoms with Gasteiger partial charge >= 0.3 is 5.69 Å². The zero-order valence-electron chi connectivity index (χ0n) is 19.3. The maximum Gasteiger partial charge on any atom is 0.329 e. The zero-order valence-corrected chi connectivity index (χ0v) is 19.3. The molecule has 0 aliphatic carbocycles. The van der Waals surface area contributed by atoms with Gasteiger partial charge in [0.25, 0.3) is 5.56 Å². The highest BCUT2D eigenvalue weighted by Crippen LogP contribution is 2.23. The van der Waals surface area contributed by atoms with Gasteiger partial charge in [-0.15, -0.1) is 0 Å². The lowest BCUT2D eigenvalue weighted by Crippen LogP contribution is -2.45. The van der Waals surface area contributed by atoms with Crippen molar-refractivity contribution in [1.82, 2.24) is 24.0 Å². The van der Waals surface area contributed by atoms with Gasteiger partial charge in [0.1, 0.15) is 18.5 Å². The number of nitrogens with zero attached hydrogens (tertiary/aromatic N) is 5. The molecule has 3 heterocycles. The van der Waals surface area contributed by atoms with Crippen molar-refractivity contribution in [1.29, 1.82) is 0 Å². The molecule has 2 aromatic carbocycles. The highest BCUT2D eigenvalue weighted by atomic mass is 16.5. The lowest BCUT2D eigenvalue weighted by Gasteiger charge is -2.33. The maximum atomic E-state index is 12.7. The predicted molar refractivity (Wildman–Crippen MR) is 131 cm³/mol. The Hall–Kier alpha value is -3.63. The molecule has 178 valence electrons. The lowest BCUT2D eigenvalue weighted by atomic mass is 10.1. The van der Waals surface area contributed by atoms with E-state index in [-0.39, 0.29) is 18.7 Å². The molecule has 0 unspecified atom stereocenters. The Kier molecular flexibility index (Phi) is 5.84. The van der Waals surface area contributed by atoms with E-state index in [2.05, 4.69) is 26.8 Å². The molecule has 34 heavy (non-hydrogen) atoms. The van der Waals surface area contributed by atoms with Crippen LogP contribution in [0.3, 0.4) is 0 Å². The molecule has 0 spiro atoms. The second-order valence-electron chi connectivity index (χ2n) is 8.78. The van der Waals surface area contributed by atoms with Crippen LogP contribution >= 0.6 is 0 Å². The van der Waals surface area contributed by atoms with Gasteiger partial charge in [-0.3, -0.25) is 14.3 Å². The molecule has 1 fully saturated rings. The van der Waals surface area contributed by atoms with Crippen molar-refractivity contribution in [3.63, 3.8) is 0 Å². The number of aromatic amines is 1. The quantitative estimate of drug-likeness (QED) is 0.434. The van der Waals surface area contributed by atoms with Gasteiger partial charge in [-0.1, -0.05) is 30.3 Å². The maximum absolute atomic E-state index is 12.7. The smallest absolute Gasteiger partial charge is 0.329 e. The highest BCUT2D eigenvalue weighted by Gasteiger charge is 2.25. The van der Waals surface area contributed by atoms with Crippen molar-refractivity contribution in [2.45, 2.75) is 12.6 Å². The van der Waals surface area contributed by atoms with Crippen LogP contribution in [0.15, 0.2) is 52.1 Å². The molecular weight excluding hydrogens is 436 g/mol. The number of aromatic nitrogens is 4. The highest BCUT2D eigenvalue weighted by molar-refractivity contribution is 5.83. The number of hydrogen-bond acceptors (Lipinski definition) is 7. The lowest BCUT2D eigenvalue weighted by molar-refractivity contribution is 0.0936. The number of piperazine rings is 1. The molecule has 4 aromatic rings. The van der Waals surface area contributed by atoms with Crippen molar-refractivity contribution >= 4 is 27.9 Å². The normalized spacial score (nSPS) is 15.8. The fourth-order valence-corrected chi connectivity index (χ4v) is 4.36. The monoisotopic (exact) mass is 464 g/mol. The first-order chi connectivity index (χ1) is 16.4. The second-order valence-corrected chi connectivity index (χ2v) is 8.78. The number of aryl methyl sites for hydroxylation is 1. The summed E-state index contributed by atoms with van der Waals surface area (Å²) >= 11 is 0. The third kappa shape index (κ3) is 4.17. The Labute approximate surface area is 195 Å². The van der Waals surface area contributed by atoms with E-state index in [1.807, 2.05) is 42.5 Å². The number of rotatable bonds is 6. The number of aliphatic hydroxyl groups excluding tert-OH is 1. The summed E-state index contributed by atoms with van der Waals surface area (Å²) in [5.41, 5.74) is -0.480. The Morgan fingerprint density at radius 2 is 1.79 bits per heavy atom. The van der Waals surface area contributed by atoms with Crippen molar-refractivity contribution in [2.24, 2.45) is 7.05 Å². The summed E-state index contributed by atoms with van der Waals surface area (Å²) in [5, 5.41) is 13.0. The van der Waals surface area contributed by atoms with E-state index in [4.69, 9.17) is 4.74 Å². The topological polar surface area (TPSA) is 109 Å². The van der Waals surface area contributed by atoms with Crippen LogP contribution in [-0.2, 0) is 13.6 Å². The molecule has 2 N–H and O–H groups in total. The predicted octanol–water partition coefficient (Wildman–Crippen LogP) is 0.768. The van der Waals surface area contributed by atoms with E-state index in [1.165, 1.54) is 4.57 Å². The fraction of sp³-hybridized carbons (Fsp3) is 0.375. The largest absolute Gasteiger partial charge is 0.491 e. The molecular formula is C24H28N6O4. The van der Waals surface area contributed by atoms with Crippen LogP contribution in [0.1, 0.15) is 0 Å². The summed E-state index contributed by atoms with van der Waals surface area (Å²) < 4.78 is 8.89. The third-order valence-electron chi connectivity index (χ3n) is 6.33. The number of aliphatic hydroxyl groups is 1. The van der Waals surface area contributed by atoms with Gasteiger partial charge in [-0.25, -0.2) is 4.79 Å². The minimum atomic E-state index is -0.897. The van der Waals surface area contributed by atoms with Crippen LogP contribution in [-0.4, -0.2) is 75.0 Å². The molecule has 10 nitrogen and oxygen atoms in total. The van der Waals surface area contributed by atoms with Gasteiger partial charge in [-0.05, 0) is 30.0 Å². The third-order valence-corrected chi connectivity index (χ3v) is 6.33. The van der Waals surface area contributed by atoms with Gasteiger partial charge in [0, 0.05) is 33.2 Å². The van der Waals surface area contributed by atoms with Gasteiger partial charge in [0.15, 0.2) is 11.2 Å². The summed E-state index contributed by atoms with van der Waals surface area (Å²) in [5.74, 6) is 1.23. The molecule has 0 radical (unpaired) electrons. The Morgan fingerprint density at radius 3 is 2.56 bits per heavy atom. The fourth-order valence-electron chi connectivity index (χ4n) is 4.36. The second kappa shape index (κ2) is 8.96. The van der Waals surface area contributed by atoms with Gasteiger partial charge in [-0.2, -0.15) is 4.98 Å². The number of imidazole rings is 1. The summed E-state index contributed by atoms with van der Waals surface area (Å²) in [6.07, 6.45) is -0.897. The molecule has 5 rings (SSSR count). The van der Waals surface area contributed by atoms with E-state index >= 15 is 0 Å². The van der Waals surface area contributed by atoms with Crippen LogP contribution in [0.25, 0.3) is 21.9 Å². The number of likely N-dealkylation sites (N-methyl/N-ethyl adjacent to an activating group) is 1. The molecule has 0 saturated carbocycles. The van der Waals surface area contributed by atoms with E-state index < -0.39 is 17.4 Å². The van der Waals surface area contributed by atoms with Gasteiger partial charge in [0.05, 0.1) is 6.54 Å². The number of anilines is 1. The number of hydrogen-bond donors (Lipinski definition) is 2. The average molecular weight is 465 g/mol. The minimum absolute atomic E-state index is 0.0455. The standard InChI is InChI=1S/C24H28N6O4/c1-27-9-11-29(12-10-27)23-25-21-20(22(32)26-24(33)28(21)2)30(23)14-18(31)15-34-19-8-7-16-5-3-4-6-17(16)13-19/h3-8,13,18,31H,9-12,14-15H2,1-2H3,(H,26,32,33)/t18-/m1/s1. The average Bonchev–Trinajstić information content (AvgIpc) is 3.21. The molecule has 0 amide bonds. The summed E-state index contributed by atoms with van der Waals surface area (Å²) in [6.45, 7) is 3.32. The van der Waals surface area contributed by atoms with E-state index in [1.54, 1.807) is 11.6 Å². The van der Waals surface area contributed by atoms with Crippen LogP contribution in [0.5, 0.6) is 5.75 Å². The zero-order chi connectivity index (χ0) is 23.8. The summed E-state index contributed by atoms with van der Waals surface area (Å²) in [4.78, 5) is 36.2. The minimum Gasteiger partial charge on any atom is -0.491 e. The summed E-state index contributed by atoms with van der Waals surface area (Å²) in [7, 11) is 3.63. The van der Waals surface area contributed by atoms with Crippen molar-refractivity contribution in [3.05, 3.63) is 63.3 Å². The molecule has 1 atom stereocenters. The van der Waals surface area contributed by atoms with Gasteiger partial charge in [0.2, 0.25) is 5.95 Å². The molecule has 1 aliphatic rings. The van der Waals surface area contributed by atoms with Crippen molar-refractivity contribution in [2.75, 3.05) is 44.7 Å². The molecule has 0 bridgehead atoms. The number of H-pyrrole nitrogens is 1. The van der Waals surface area contributed by atoms with E-state index in [0.717, 1.165) is 37.0 Å². The molecule has 1 aliphatic heterocycles. The molecule has 2 aromatic heterocycles. The summed E-state index contributed by atoms with van der Waals surface area (Å²) in [6, 6.07) is 13.8.